The Labute approximate surface area is 107 Å². The molecule has 86 valence electrons. The van der Waals surface area contributed by atoms with Crippen molar-refractivity contribution >= 4 is 28.7 Å². The van der Waals surface area contributed by atoms with Crippen LogP contribution in [0.4, 0.5) is 4.79 Å². The Hall–Kier alpha value is -0.980. The Bertz CT molecular complexity index is 397. The van der Waals surface area contributed by atoms with E-state index in [1.165, 1.54) is 7.11 Å². The number of hydrogen-bond donors (Lipinski definition) is 1. The largest absolute Gasteiger partial charge is 0.492 e. The Kier molecular flexibility index (Phi) is 3.52. The molecule has 1 aliphatic rings. The molecule has 1 amide bonds. The maximum absolute atomic E-state index is 11.3. The molecule has 1 N–H and O–H groups in total. The van der Waals surface area contributed by atoms with E-state index in [0.717, 1.165) is 11.3 Å². The van der Waals surface area contributed by atoms with Gasteiger partial charge < -0.3 is 14.8 Å². The molecule has 1 heterocycles. The van der Waals surface area contributed by atoms with Gasteiger partial charge in [-0.1, -0.05) is 40.8 Å². The highest BCUT2D eigenvalue weighted by atomic mass is 127. The molecule has 2 atom stereocenters. The Balaban J connectivity index is 2.26. The second-order valence-corrected chi connectivity index (χ2v) is 5.08. The van der Waals surface area contributed by atoms with E-state index in [1.54, 1.807) is 0 Å². The maximum atomic E-state index is 11.3. The number of amides is 1. The smallest absolute Gasteiger partial charge is 0.407 e. The topological polar surface area (TPSA) is 47.6 Å². The van der Waals surface area contributed by atoms with Gasteiger partial charge in [0, 0.05) is 5.56 Å². The van der Waals surface area contributed by atoms with Crippen LogP contribution in [0, 0.1) is 0 Å². The highest BCUT2D eigenvalue weighted by Crippen LogP contribution is 2.35. The average Bonchev–Trinajstić information content (AvgIpc) is 2.32. The summed E-state index contributed by atoms with van der Waals surface area (Å²) in [5.74, 6) is 0.830. The van der Waals surface area contributed by atoms with Crippen molar-refractivity contribution in [2.75, 3.05) is 13.7 Å². The molecule has 0 unspecified atom stereocenters. The summed E-state index contributed by atoms with van der Waals surface area (Å²) < 4.78 is 10.4. The van der Waals surface area contributed by atoms with E-state index in [0.29, 0.717) is 6.61 Å². The normalized spacial score (nSPS) is 22.9. The zero-order chi connectivity index (χ0) is 11.5. The van der Waals surface area contributed by atoms with E-state index >= 15 is 0 Å². The van der Waals surface area contributed by atoms with Crippen LogP contribution in [-0.2, 0) is 4.74 Å². The van der Waals surface area contributed by atoms with Crippen molar-refractivity contribution in [1.82, 2.24) is 5.32 Å². The predicted octanol–water partition coefficient (Wildman–Crippen LogP) is 2.28. The molecular formula is C11H12INO3. The van der Waals surface area contributed by atoms with Crippen LogP contribution in [0.1, 0.15) is 11.6 Å². The molecule has 0 radical (unpaired) electrons. The Morgan fingerprint density at radius 2 is 2.31 bits per heavy atom. The van der Waals surface area contributed by atoms with Gasteiger partial charge in [-0.25, -0.2) is 4.79 Å². The van der Waals surface area contributed by atoms with Gasteiger partial charge in [-0.05, 0) is 6.07 Å². The van der Waals surface area contributed by atoms with Gasteiger partial charge in [0.2, 0.25) is 0 Å². The fraction of sp³-hybridized carbons (Fsp3) is 0.364. The van der Waals surface area contributed by atoms with Crippen LogP contribution >= 0.6 is 22.6 Å². The number of alkyl halides is 1. The fourth-order valence-corrected chi connectivity index (χ4v) is 2.43. The van der Waals surface area contributed by atoms with Crippen LogP contribution in [0.3, 0.4) is 0 Å². The number of benzene rings is 1. The first-order chi connectivity index (χ1) is 7.72. The lowest BCUT2D eigenvalue weighted by molar-refractivity contribution is 0.162. The molecule has 0 saturated heterocycles. The number of fused-ring (bicyclic) bond motifs is 1. The van der Waals surface area contributed by atoms with Crippen molar-refractivity contribution in [3.05, 3.63) is 29.8 Å². The molecular weight excluding hydrogens is 321 g/mol. The third-order valence-electron chi connectivity index (χ3n) is 2.47. The second kappa shape index (κ2) is 4.90. The summed E-state index contributed by atoms with van der Waals surface area (Å²) in [6.45, 7) is 0.590. The summed E-state index contributed by atoms with van der Waals surface area (Å²) in [5.41, 5.74) is 0.999. The molecule has 0 bridgehead atoms. The number of methoxy groups -OCH3 is 1. The minimum Gasteiger partial charge on any atom is -0.492 e. The van der Waals surface area contributed by atoms with E-state index < -0.39 is 6.09 Å². The molecule has 0 saturated carbocycles. The lowest BCUT2D eigenvalue weighted by atomic mass is 10.0. The lowest BCUT2D eigenvalue weighted by Gasteiger charge is -2.30. The summed E-state index contributed by atoms with van der Waals surface area (Å²) >= 11 is 2.27. The van der Waals surface area contributed by atoms with Crippen LogP contribution in [0.15, 0.2) is 24.3 Å². The van der Waals surface area contributed by atoms with E-state index in [9.17, 15) is 4.79 Å². The number of halogens is 1. The van der Waals surface area contributed by atoms with Gasteiger partial charge in [-0.2, -0.15) is 0 Å². The van der Waals surface area contributed by atoms with Crippen LogP contribution in [0.25, 0.3) is 0 Å². The van der Waals surface area contributed by atoms with E-state index in [1.807, 2.05) is 24.3 Å². The molecule has 16 heavy (non-hydrogen) atoms. The number of para-hydroxylation sites is 1. The molecule has 4 nitrogen and oxygen atoms in total. The third kappa shape index (κ3) is 2.23. The predicted molar refractivity (Wildman–Crippen MR) is 68.0 cm³/mol. The number of hydrogen-bond acceptors (Lipinski definition) is 3. The number of carbonyl (C=O) groups excluding carboxylic acids is 1. The van der Waals surface area contributed by atoms with E-state index in [2.05, 4.69) is 32.6 Å². The first-order valence-electron chi connectivity index (χ1n) is 4.92. The van der Waals surface area contributed by atoms with Gasteiger partial charge in [0.05, 0.1) is 17.1 Å². The summed E-state index contributed by atoms with van der Waals surface area (Å²) in [6.07, 6.45) is -0.414. The molecule has 1 aromatic carbocycles. The summed E-state index contributed by atoms with van der Waals surface area (Å²) in [7, 11) is 1.36. The Morgan fingerprint density at radius 1 is 1.56 bits per heavy atom. The summed E-state index contributed by atoms with van der Waals surface area (Å²) in [5, 5.41) is 2.83. The van der Waals surface area contributed by atoms with Crippen LogP contribution in [0.5, 0.6) is 5.75 Å². The lowest BCUT2D eigenvalue weighted by Crippen LogP contribution is -2.39. The number of rotatable bonds is 1. The third-order valence-corrected chi connectivity index (χ3v) is 3.55. The van der Waals surface area contributed by atoms with Crippen molar-refractivity contribution in [3.63, 3.8) is 0 Å². The zero-order valence-electron chi connectivity index (χ0n) is 8.77. The number of nitrogens with one attached hydrogen (secondary N) is 1. The van der Waals surface area contributed by atoms with Crippen LogP contribution in [0.2, 0.25) is 0 Å². The first kappa shape index (κ1) is 11.5. The molecule has 0 fully saturated rings. The van der Waals surface area contributed by atoms with Gasteiger partial charge in [-0.3, -0.25) is 0 Å². The maximum Gasteiger partial charge on any atom is 0.407 e. The van der Waals surface area contributed by atoms with Gasteiger partial charge in [0.25, 0.3) is 0 Å². The highest BCUT2D eigenvalue weighted by molar-refractivity contribution is 14.1. The number of carbonyl (C=O) groups is 1. The van der Waals surface area contributed by atoms with E-state index in [-0.39, 0.29) is 9.97 Å². The molecule has 0 spiro atoms. The minimum absolute atomic E-state index is 0.0574. The minimum atomic E-state index is -0.414. The molecule has 5 heteroatoms. The molecule has 1 aliphatic heterocycles. The van der Waals surface area contributed by atoms with Crippen molar-refractivity contribution in [1.29, 1.82) is 0 Å². The summed E-state index contributed by atoms with van der Waals surface area (Å²) in [6, 6.07) is 7.66. The molecule has 0 aliphatic carbocycles. The van der Waals surface area contributed by atoms with Crippen molar-refractivity contribution < 1.29 is 14.3 Å². The standard InChI is InChI=1S/C11H12INO3/c1-15-11(14)13-10-7-4-2-3-5-9(7)16-6-8(10)12/h2-5,8,10H,6H2,1H3,(H,13,14)/t8-,10-/m1/s1. The fourth-order valence-electron chi connectivity index (χ4n) is 1.68. The highest BCUT2D eigenvalue weighted by Gasteiger charge is 2.30. The van der Waals surface area contributed by atoms with Gasteiger partial charge in [0.1, 0.15) is 12.4 Å². The SMILES string of the molecule is COC(=O)N[C@@H]1c2ccccc2OC[C@H]1I. The monoisotopic (exact) mass is 333 g/mol. The number of ether oxygens (including phenoxy) is 2. The first-order valence-corrected chi connectivity index (χ1v) is 6.17. The van der Waals surface area contributed by atoms with Crippen LogP contribution < -0.4 is 10.1 Å². The van der Waals surface area contributed by atoms with Gasteiger partial charge in [-0.15, -0.1) is 0 Å². The van der Waals surface area contributed by atoms with Gasteiger partial charge >= 0.3 is 6.09 Å². The molecule has 2 rings (SSSR count). The zero-order valence-corrected chi connectivity index (χ0v) is 10.9. The number of alkyl carbamates (subject to hydrolysis) is 1. The summed E-state index contributed by atoms with van der Waals surface area (Å²) in [4.78, 5) is 11.3. The quantitative estimate of drug-likeness (QED) is 0.634. The van der Waals surface area contributed by atoms with Crippen LogP contribution in [-0.4, -0.2) is 23.7 Å². The molecule has 1 aromatic rings. The average molecular weight is 333 g/mol. The second-order valence-electron chi connectivity index (χ2n) is 3.48. The molecule has 0 aromatic heterocycles. The van der Waals surface area contributed by atoms with E-state index in [4.69, 9.17) is 4.74 Å². The van der Waals surface area contributed by atoms with Crippen molar-refractivity contribution in [3.8, 4) is 5.75 Å². The van der Waals surface area contributed by atoms with Crippen molar-refractivity contribution in [2.45, 2.75) is 9.97 Å². The van der Waals surface area contributed by atoms with Gasteiger partial charge in [0.15, 0.2) is 0 Å². The Morgan fingerprint density at radius 3 is 3.06 bits per heavy atom. The van der Waals surface area contributed by atoms with Crippen molar-refractivity contribution in [2.24, 2.45) is 0 Å².